The molecule has 0 unspecified atom stereocenters. The highest BCUT2D eigenvalue weighted by Crippen LogP contribution is 2.50. The van der Waals surface area contributed by atoms with Crippen molar-refractivity contribution in [2.75, 3.05) is 4.90 Å². The van der Waals surface area contributed by atoms with Crippen molar-refractivity contribution in [3.05, 3.63) is 223 Å². The van der Waals surface area contributed by atoms with Crippen LogP contribution in [0.2, 0.25) is 0 Å². The van der Waals surface area contributed by atoms with Crippen LogP contribution in [0.3, 0.4) is 0 Å². The van der Waals surface area contributed by atoms with Crippen molar-refractivity contribution in [2.24, 2.45) is 0 Å². The van der Waals surface area contributed by atoms with E-state index in [4.69, 9.17) is 0 Å². The summed E-state index contributed by atoms with van der Waals surface area (Å²) in [5.74, 6) is -0.229. The van der Waals surface area contributed by atoms with Gasteiger partial charge < -0.3 is 4.90 Å². The van der Waals surface area contributed by atoms with E-state index in [9.17, 15) is 4.39 Å². The van der Waals surface area contributed by atoms with Crippen molar-refractivity contribution < 1.29 is 4.39 Å². The third-order valence-electron chi connectivity index (χ3n) is 11.3. The number of benzene rings is 8. The first kappa shape index (κ1) is 33.5. The standard InChI is InChI=1S/C51H40FNSi/c1-51(2)49-21-13-12-20-47(49)48-35-30-42(36-50(48)51)53(40-26-22-38(23-27-40)37-14-6-3-7-15-37)41-28-33-46(34-29-41)54(43-16-8-4-9-17-43,44-18-10-5-11-19-44)45-31-24-39(52)25-32-45/h3-36H,1-2H3. The van der Waals surface area contributed by atoms with E-state index in [1.807, 2.05) is 12.1 Å². The van der Waals surface area contributed by atoms with Gasteiger partial charge in [-0.05, 0) is 103 Å². The fraction of sp³-hybridized carbons (Fsp3) is 0.0588. The molecule has 0 amide bonds. The fourth-order valence-corrected chi connectivity index (χ4v) is 13.4. The Hall–Kier alpha value is -6.29. The third kappa shape index (κ3) is 5.60. The Bertz CT molecular complexity index is 2510. The molecule has 0 saturated carbocycles. The predicted molar refractivity (Wildman–Crippen MR) is 228 cm³/mol. The zero-order chi connectivity index (χ0) is 36.7. The van der Waals surface area contributed by atoms with Crippen LogP contribution < -0.4 is 25.6 Å². The van der Waals surface area contributed by atoms with Gasteiger partial charge in [0.25, 0.3) is 0 Å². The predicted octanol–water partition coefficient (Wildman–Crippen LogP) is 10.6. The second kappa shape index (κ2) is 13.6. The average Bonchev–Trinajstić information content (AvgIpc) is 3.46. The number of halogens is 1. The number of rotatable bonds is 8. The number of hydrogen-bond donors (Lipinski definition) is 0. The van der Waals surface area contributed by atoms with Crippen LogP contribution in [0.5, 0.6) is 0 Å². The van der Waals surface area contributed by atoms with Crippen LogP contribution in [0.15, 0.2) is 206 Å². The Kier molecular flexibility index (Phi) is 8.45. The summed E-state index contributed by atoms with van der Waals surface area (Å²) < 4.78 is 14.5. The zero-order valence-electron chi connectivity index (χ0n) is 30.5. The van der Waals surface area contributed by atoms with E-state index in [0.29, 0.717) is 0 Å². The van der Waals surface area contributed by atoms with Gasteiger partial charge in [-0.15, -0.1) is 0 Å². The van der Waals surface area contributed by atoms with Gasteiger partial charge in [0, 0.05) is 22.5 Å². The average molecular weight is 714 g/mol. The summed E-state index contributed by atoms with van der Waals surface area (Å²) in [5, 5.41) is 4.89. The molecule has 8 aromatic carbocycles. The molecule has 0 spiro atoms. The maximum absolute atomic E-state index is 14.5. The van der Waals surface area contributed by atoms with Gasteiger partial charge in [-0.1, -0.05) is 172 Å². The fourth-order valence-electron chi connectivity index (χ4n) is 8.65. The lowest BCUT2D eigenvalue weighted by atomic mass is 9.82. The van der Waals surface area contributed by atoms with Crippen molar-refractivity contribution in [1.82, 2.24) is 0 Å². The van der Waals surface area contributed by atoms with Crippen molar-refractivity contribution in [1.29, 1.82) is 0 Å². The quantitative estimate of drug-likeness (QED) is 0.112. The molecule has 1 aliphatic carbocycles. The van der Waals surface area contributed by atoms with Crippen molar-refractivity contribution >= 4 is 45.9 Å². The summed E-state index contributed by atoms with van der Waals surface area (Å²) in [6.07, 6.45) is 0. The Morgan fingerprint density at radius 3 is 1.41 bits per heavy atom. The van der Waals surface area contributed by atoms with Crippen molar-refractivity contribution in [3.8, 4) is 22.3 Å². The smallest absolute Gasteiger partial charge is 0.179 e. The van der Waals surface area contributed by atoms with Crippen LogP contribution in [0, 0.1) is 5.82 Å². The van der Waals surface area contributed by atoms with E-state index in [-0.39, 0.29) is 11.2 Å². The molecule has 1 nitrogen and oxygen atoms in total. The van der Waals surface area contributed by atoms with Gasteiger partial charge in [0.05, 0.1) is 0 Å². The zero-order valence-corrected chi connectivity index (χ0v) is 31.5. The molecule has 54 heavy (non-hydrogen) atoms. The maximum atomic E-state index is 14.5. The highest BCUT2D eigenvalue weighted by molar-refractivity contribution is 7.19. The van der Waals surface area contributed by atoms with Gasteiger partial charge >= 0.3 is 0 Å². The second-order valence-corrected chi connectivity index (χ2v) is 18.5. The molecule has 0 bridgehead atoms. The highest BCUT2D eigenvalue weighted by Gasteiger charge is 2.41. The normalized spacial score (nSPS) is 12.9. The Morgan fingerprint density at radius 1 is 0.389 bits per heavy atom. The van der Waals surface area contributed by atoms with E-state index >= 15 is 0 Å². The molecule has 8 aromatic rings. The third-order valence-corrected chi connectivity index (χ3v) is 16.1. The van der Waals surface area contributed by atoms with Crippen LogP contribution in [-0.4, -0.2) is 8.07 Å². The molecule has 3 heteroatoms. The van der Waals surface area contributed by atoms with E-state index in [0.717, 1.165) is 22.2 Å². The Labute approximate surface area is 318 Å². The molecular formula is C51H40FNSi. The molecule has 0 heterocycles. The number of nitrogens with zero attached hydrogens (tertiary/aromatic N) is 1. The van der Waals surface area contributed by atoms with Gasteiger partial charge in [-0.2, -0.15) is 0 Å². The minimum Gasteiger partial charge on any atom is -0.310 e. The van der Waals surface area contributed by atoms with E-state index < -0.39 is 8.07 Å². The first-order valence-corrected chi connectivity index (χ1v) is 20.6. The van der Waals surface area contributed by atoms with Crippen LogP contribution >= 0.6 is 0 Å². The van der Waals surface area contributed by atoms with Crippen molar-refractivity contribution in [3.63, 3.8) is 0 Å². The number of fused-ring (bicyclic) bond motifs is 3. The molecule has 0 aromatic heterocycles. The van der Waals surface area contributed by atoms with E-state index in [1.165, 1.54) is 48.9 Å². The van der Waals surface area contributed by atoms with Crippen LogP contribution in [0.4, 0.5) is 21.5 Å². The molecule has 0 radical (unpaired) electrons. The molecule has 0 atom stereocenters. The summed E-state index contributed by atoms with van der Waals surface area (Å²) >= 11 is 0. The Balaban J connectivity index is 1.22. The monoisotopic (exact) mass is 713 g/mol. The lowest BCUT2D eigenvalue weighted by Crippen LogP contribution is -2.74. The van der Waals surface area contributed by atoms with Crippen LogP contribution in [0.1, 0.15) is 25.0 Å². The van der Waals surface area contributed by atoms with Gasteiger partial charge in [0.1, 0.15) is 5.82 Å². The topological polar surface area (TPSA) is 3.24 Å². The van der Waals surface area contributed by atoms with Crippen molar-refractivity contribution in [2.45, 2.75) is 19.3 Å². The molecule has 1 aliphatic rings. The first-order chi connectivity index (χ1) is 26.4. The minimum atomic E-state index is -2.84. The van der Waals surface area contributed by atoms with Gasteiger partial charge in [-0.3, -0.25) is 0 Å². The first-order valence-electron chi connectivity index (χ1n) is 18.6. The Morgan fingerprint density at radius 2 is 0.815 bits per heavy atom. The lowest BCUT2D eigenvalue weighted by molar-refractivity contribution is 0.628. The number of anilines is 3. The molecular weight excluding hydrogens is 674 g/mol. The van der Waals surface area contributed by atoms with E-state index in [2.05, 4.69) is 201 Å². The molecule has 0 N–H and O–H groups in total. The van der Waals surface area contributed by atoms with E-state index in [1.54, 1.807) is 12.1 Å². The molecule has 0 fully saturated rings. The van der Waals surface area contributed by atoms with Gasteiger partial charge in [0.2, 0.25) is 0 Å². The summed E-state index contributed by atoms with van der Waals surface area (Å²) in [6.45, 7) is 4.67. The van der Waals surface area contributed by atoms with Gasteiger partial charge in [-0.25, -0.2) is 4.39 Å². The molecule has 9 rings (SSSR count). The summed E-state index contributed by atoms with van der Waals surface area (Å²) in [6, 6.07) is 73.1. The molecule has 0 aliphatic heterocycles. The lowest BCUT2D eigenvalue weighted by Gasteiger charge is -2.35. The summed E-state index contributed by atoms with van der Waals surface area (Å²) in [4.78, 5) is 2.38. The molecule has 0 saturated heterocycles. The minimum absolute atomic E-state index is 0.125. The molecule has 260 valence electrons. The number of hydrogen-bond acceptors (Lipinski definition) is 1. The highest BCUT2D eigenvalue weighted by atomic mass is 28.3. The maximum Gasteiger partial charge on any atom is 0.179 e. The summed E-state index contributed by atoms with van der Waals surface area (Å²) in [7, 11) is -2.84. The largest absolute Gasteiger partial charge is 0.310 e. The summed E-state index contributed by atoms with van der Waals surface area (Å²) in [5.41, 5.74) is 10.8. The van der Waals surface area contributed by atoms with Crippen LogP contribution in [0.25, 0.3) is 22.3 Å². The SMILES string of the molecule is CC1(C)c2ccccc2-c2ccc(N(c3ccc(-c4ccccc4)cc3)c3ccc([Si](c4ccccc4)(c4ccccc4)c4ccc(F)cc4)cc3)cc21. The second-order valence-electron chi connectivity index (χ2n) is 14.7. The van der Waals surface area contributed by atoms with Crippen LogP contribution in [-0.2, 0) is 5.41 Å². The van der Waals surface area contributed by atoms with Gasteiger partial charge in [0.15, 0.2) is 8.07 Å².